The minimum Gasteiger partial charge on any atom is -0.467 e. The molecule has 110 valence electrons. The summed E-state index contributed by atoms with van der Waals surface area (Å²) in [5, 5.41) is 8.22. The predicted molar refractivity (Wildman–Crippen MR) is 78.9 cm³/mol. The van der Waals surface area contributed by atoms with E-state index in [0.717, 1.165) is 0 Å². The molecule has 6 heteroatoms. The smallest absolute Gasteiger partial charge is 0.251 e. The summed E-state index contributed by atoms with van der Waals surface area (Å²) in [6, 6.07) is 10.3. The van der Waals surface area contributed by atoms with E-state index in [9.17, 15) is 9.59 Å². The van der Waals surface area contributed by atoms with E-state index >= 15 is 0 Å². The van der Waals surface area contributed by atoms with Crippen molar-refractivity contribution in [1.82, 2.24) is 10.6 Å². The molecule has 0 radical (unpaired) electrons. The number of hydrogen-bond donors (Lipinski definition) is 3. The highest BCUT2D eigenvalue weighted by Crippen LogP contribution is 2.11. The molecule has 0 aliphatic carbocycles. The lowest BCUT2D eigenvalue weighted by molar-refractivity contribution is -0.115. The van der Waals surface area contributed by atoms with E-state index in [1.807, 2.05) is 0 Å². The maximum Gasteiger partial charge on any atom is 0.251 e. The van der Waals surface area contributed by atoms with E-state index in [2.05, 4.69) is 16.0 Å². The van der Waals surface area contributed by atoms with Gasteiger partial charge in [0, 0.05) is 11.3 Å². The van der Waals surface area contributed by atoms with Gasteiger partial charge < -0.3 is 20.4 Å². The molecule has 2 aromatic rings. The lowest BCUT2D eigenvalue weighted by atomic mass is 10.2. The van der Waals surface area contributed by atoms with Gasteiger partial charge in [0.05, 0.1) is 19.4 Å². The zero-order chi connectivity index (χ0) is 15.1. The van der Waals surface area contributed by atoms with Gasteiger partial charge >= 0.3 is 0 Å². The minimum atomic E-state index is -0.226. The first-order valence-corrected chi connectivity index (χ1v) is 6.54. The number of anilines is 1. The Bertz CT molecular complexity index is 608. The normalized spacial score (nSPS) is 10.1. The molecule has 3 N–H and O–H groups in total. The molecule has 0 aliphatic rings. The van der Waals surface area contributed by atoms with Crippen LogP contribution in [0.25, 0.3) is 0 Å². The van der Waals surface area contributed by atoms with Crippen molar-refractivity contribution in [3.05, 3.63) is 54.0 Å². The molecule has 0 bridgehead atoms. The number of carbonyl (C=O) groups excluding carboxylic acids is 2. The molecule has 1 aromatic heterocycles. The third-order valence-electron chi connectivity index (χ3n) is 2.75. The Labute approximate surface area is 122 Å². The number of likely N-dealkylation sites (N-methyl/N-ethyl adjacent to an activating group) is 1. The summed E-state index contributed by atoms with van der Waals surface area (Å²) in [5.41, 5.74) is 1.06. The largest absolute Gasteiger partial charge is 0.467 e. The van der Waals surface area contributed by atoms with Gasteiger partial charge in [-0.3, -0.25) is 9.59 Å². The van der Waals surface area contributed by atoms with Crippen molar-refractivity contribution in [1.29, 1.82) is 0 Å². The van der Waals surface area contributed by atoms with E-state index in [0.29, 0.717) is 23.6 Å². The highest BCUT2D eigenvalue weighted by Gasteiger charge is 2.08. The first kappa shape index (κ1) is 14.8. The maximum absolute atomic E-state index is 12.0. The SMILES string of the molecule is CNCC(=O)Nc1cccc(C(=O)NCc2ccco2)c1. The average Bonchev–Trinajstić information content (AvgIpc) is 2.98. The quantitative estimate of drug-likeness (QED) is 0.749. The van der Waals surface area contributed by atoms with Crippen LogP contribution >= 0.6 is 0 Å². The third kappa shape index (κ3) is 4.47. The molecule has 0 fully saturated rings. The fourth-order valence-electron chi connectivity index (χ4n) is 1.79. The van der Waals surface area contributed by atoms with Gasteiger partial charge in [-0.05, 0) is 37.4 Å². The lowest BCUT2D eigenvalue weighted by Gasteiger charge is -2.07. The Morgan fingerprint density at radius 3 is 2.76 bits per heavy atom. The zero-order valence-corrected chi connectivity index (χ0v) is 11.7. The van der Waals surface area contributed by atoms with Crippen LogP contribution in [0.15, 0.2) is 47.1 Å². The molecule has 1 heterocycles. The van der Waals surface area contributed by atoms with Gasteiger partial charge in [-0.15, -0.1) is 0 Å². The van der Waals surface area contributed by atoms with E-state index in [4.69, 9.17) is 4.42 Å². The standard InChI is InChI=1S/C15H17N3O3/c1-16-10-14(19)18-12-5-2-4-11(8-12)15(20)17-9-13-6-3-7-21-13/h2-8,16H,9-10H2,1H3,(H,17,20)(H,18,19). The topological polar surface area (TPSA) is 83.4 Å². The molecular formula is C15H17N3O3. The van der Waals surface area contributed by atoms with Crippen LogP contribution in [0, 0.1) is 0 Å². The molecule has 0 atom stereocenters. The van der Waals surface area contributed by atoms with Gasteiger partial charge in [0.25, 0.3) is 5.91 Å². The van der Waals surface area contributed by atoms with Gasteiger partial charge in [-0.1, -0.05) is 6.07 Å². The average molecular weight is 287 g/mol. The maximum atomic E-state index is 12.0. The summed E-state index contributed by atoms with van der Waals surface area (Å²) in [5.74, 6) is 0.295. The second-order valence-electron chi connectivity index (χ2n) is 4.42. The van der Waals surface area contributed by atoms with Crippen LogP contribution in [-0.4, -0.2) is 25.4 Å². The molecular weight excluding hydrogens is 270 g/mol. The molecule has 0 spiro atoms. The fourth-order valence-corrected chi connectivity index (χ4v) is 1.79. The van der Waals surface area contributed by atoms with Crippen LogP contribution in [0.1, 0.15) is 16.1 Å². The second-order valence-corrected chi connectivity index (χ2v) is 4.42. The minimum absolute atomic E-state index is 0.161. The van der Waals surface area contributed by atoms with Gasteiger partial charge in [-0.2, -0.15) is 0 Å². The molecule has 1 aromatic carbocycles. The number of nitrogens with one attached hydrogen (secondary N) is 3. The monoisotopic (exact) mass is 287 g/mol. The molecule has 6 nitrogen and oxygen atoms in total. The molecule has 0 saturated heterocycles. The Kier molecular flexibility index (Phi) is 5.11. The first-order valence-electron chi connectivity index (χ1n) is 6.54. The number of furan rings is 1. The first-order chi connectivity index (χ1) is 10.2. The second kappa shape index (κ2) is 7.25. The van der Waals surface area contributed by atoms with Crippen LogP contribution in [0.5, 0.6) is 0 Å². The Balaban J connectivity index is 1.96. The van der Waals surface area contributed by atoms with Crippen LogP contribution in [0.3, 0.4) is 0 Å². The highest BCUT2D eigenvalue weighted by molar-refractivity contribution is 5.97. The molecule has 0 saturated carbocycles. The number of amides is 2. The van der Waals surface area contributed by atoms with E-state index < -0.39 is 0 Å². The molecule has 2 rings (SSSR count). The van der Waals surface area contributed by atoms with Crippen molar-refractivity contribution in [2.45, 2.75) is 6.54 Å². The summed E-state index contributed by atoms with van der Waals surface area (Å²) in [6.07, 6.45) is 1.55. The molecule has 2 amide bonds. The predicted octanol–water partition coefficient (Wildman–Crippen LogP) is 1.37. The molecule has 21 heavy (non-hydrogen) atoms. The zero-order valence-electron chi connectivity index (χ0n) is 11.7. The van der Waals surface area contributed by atoms with Gasteiger partial charge in [0.1, 0.15) is 5.76 Å². The van der Waals surface area contributed by atoms with Crippen molar-refractivity contribution < 1.29 is 14.0 Å². The van der Waals surface area contributed by atoms with Gasteiger partial charge in [0.2, 0.25) is 5.91 Å². The number of benzene rings is 1. The van der Waals surface area contributed by atoms with Gasteiger partial charge in [-0.25, -0.2) is 0 Å². The third-order valence-corrected chi connectivity index (χ3v) is 2.75. The van der Waals surface area contributed by atoms with Crippen LogP contribution in [0.4, 0.5) is 5.69 Å². The van der Waals surface area contributed by atoms with Crippen molar-refractivity contribution in [3.63, 3.8) is 0 Å². The molecule has 0 unspecified atom stereocenters. The van der Waals surface area contributed by atoms with Crippen molar-refractivity contribution >= 4 is 17.5 Å². The lowest BCUT2D eigenvalue weighted by Crippen LogP contribution is -2.25. The summed E-state index contributed by atoms with van der Waals surface area (Å²) in [4.78, 5) is 23.5. The van der Waals surface area contributed by atoms with Crippen LogP contribution in [-0.2, 0) is 11.3 Å². The summed E-state index contributed by atoms with van der Waals surface area (Å²) in [6.45, 7) is 0.539. The van der Waals surface area contributed by atoms with Crippen LogP contribution < -0.4 is 16.0 Å². The van der Waals surface area contributed by atoms with Crippen LogP contribution in [0.2, 0.25) is 0 Å². The van der Waals surface area contributed by atoms with Crippen molar-refractivity contribution in [3.8, 4) is 0 Å². The van der Waals surface area contributed by atoms with E-state index in [-0.39, 0.29) is 18.4 Å². The highest BCUT2D eigenvalue weighted by atomic mass is 16.3. The number of rotatable bonds is 6. The fraction of sp³-hybridized carbons (Fsp3) is 0.200. The number of carbonyl (C=O) groups is 2. The van der Waals surface area contributed by atoms with E-state index in [1.54, 1.807) is 49.7 Å². The van der Waals surface area contributed by atoms with Crippen molar-refractivity contribution in [2.75, 3.05) is 18.9 Å². The van der Waals surface area contributed by atoms with E-state index in [1.165, 1.54) is 0 Å². The Morgan fingerprint density at radius 1 is 1.19 bits per heavy atom. The Hall–Kier alpha value is -2.60. The van der Waals surface area contributed by atoms with Crippen molar-refractivity contribution in [2.24, 2.45) is 0 Å². The molecule has 0 aliphatic heterocycles. The summed E-state index contributed by atoms with van der Waals surface area (Å²) < 4.78 is 5.14. The summed E-state index contributed by atoms with van der Waals surface area (Å²) >= 11 is 0. The Morgan fingerprint density at radius 2 is 2.05 bits per heavy atom. The number of hydrogen-bond acceptors (Lipinski definition) is 4. The van der Waals surface area contributed by atoms with Gasteiger partial charge in [0.15, 0.2) is 0 Å². The summed E-state index contributed by atoms with van der Waals surface area (Å²) in [7, 11) is 1.69.